The summed E-state index contributed by atoms with van der Waals surface area (Å²) in [4.78, 5) is 11.3. The molecule has 0 unspecified atom stereocenters. The maximum absolute atomic E-state index is 11.3. The molecule has 2 nitrogen and oxygen atoms in total. The predicted molar refractivity (Wildman–Crippen MR) is 105 cm³/mol. The number of hydrogen-bond acceptors (Lipinski definition) is 2. The van der Waals surface area contributed by atoms with Gasteiger partial charge in [-0.15, -0.1) is 0 Å². The topological polar surface area (TPSA) is 26.3 Å². The van der Waals surface area contributed by atoms with E-state index in [-0.39, 0.29) is 11.9 Å². The highest BCUT2D eigenvalue weighted by Gasteiger charge is 2.06. The van der Waals surface area contributed by atoms with Gasteiger partial charge in [0.15, 0.2) is 0 Å². The molecule has 24 heavy (non-hydrogen) atoms. The minimum absolute atomic E-state index is 0.00352. The van der Waals surface area contributed by atoms with Crippen LogP contribution in [-0.4, -0.2) is 12.6 Å². The Labute approximate surface area is 151 Å². The lowest BCUT2D eigenvalue weighted by atomic mass is 10.1. The van der Waals surface area contributed by atoms with E-state index in [0.29, 0.717) is 6.61 Å². The Kier molecular flexibility index (Phi) is 17.9. The molecule has 0 aliphatic rings. The number of unbranched alkanes of at least 4 members (excludes halogenated alkanes) is 12. The minimum atomic E-state index is -0.0705. The number of carbonyl (C=O) groups is 1. The monoisotopic (exact) mass is 338 g/mol. The zero-order chi connectivity index (χ0) is 17.9. The summed E-state index contributed by atoms with van der Waals surface area (Å²) in [7, 11) is 0. The molecule has 0 N–H and O–H groups in total. The molecule has 0 spiro atoms. The van der Waals surface area contributed by atoms with Crippen LogP contribution in [0.25, 0.3) is 0 Å². The van der Waals surface area contributed by atoms with E-state index >= 15 is 0 Å². The van der Waals surface area contributed by atoms with Gasteiger partial charge in [0.1, 0.15) is 0 Å². The number of esters is 1. The fourth-order valence-electron chi connectivity index (χ4n) is 2.69. The van der Waals surface area contributed by atoms with Crippen molar-refractivity contribution in [1.82, 2.24) is 0 Å². The zero-order valence-corrected chi connectivity index (χ0v) is 16.7. The first-order valence-corrected chi connectivity index (χ1v) is 10.5. The third-order valence-electron chi connectivity index (χ3n) is 4.37. The third kappa shape index (κ3) is 17.6. The van der Waals surface area contributed by atoms with Gasteiger partial charge in [0, 0.05) is 0 Å². The van der Waals surface area contributed by atoms with Crippen LogP contribution in [0.2, 0.25) is 0 Å². The Morgan fingerprint density at radius 3 is 1.71 bits per heavy atom. The Bertz CT molecular complexity index is 294. The van der Waals surface area contributed by atoms with Crippen molar-refractivity contribution in [3.63, 3.8) is 0 Å². The van der Waals surface area contributed by atoms with E-state index in [1.54, 1.807) is 0 Å². The van der Waals surface area contributed by atoms with Crippen LogP contribution in [-0.2, 0) is 9.53 Å². The van der Waals surface area contributed by atoms with Crippen LogP contribution in [0.4, 0.5) is 0 Å². The van der Waals surface area contributed by atoms with Crippen molar-refractivity contribution in [3.8, 4) is 0 Å². The van der Waals surface area contributed by atoms with E-state index in [1.165, 1.54) is 77.0 Å². The lowest BCUT2D eigenvalue weighted by Crippen LogP contribution is -2.12. The van der Waals surface area contributed by atoms with Gasteiger partial charge in [0.25, 0.3) is 0 Å². The van der Waals surface area contributed by atoms with Gasteiger partial charge < -0.3 is 4.74 Å². The quantitative estimate of drug-likeness (QED) is 0.159. The maximum Gasteiger partial charge on any atom is 0.308 e. The summed E-state index contributed by atoms with van der Waals surface area (Å²) in [6.07, 6.45) is 23.0. The molecule has 0 fully saturated rings. The van der Waals surface area contributed by atoms with Gasteiger partial charge in [-0.05, 0) is 32.1 Å². The fraction of sp³-hybridized carbons (Fsp3) is 0.864. The molecule has 2 heteroatoms. The number of ether oxygens (including phenoxy) is 1. The maximum atomic E-state index is 11.3. The smallest absolute Gasteiger partial charge is 0.308 e. The first-order valence-electron chi connectivity index (χ1n) is 10.5. The second-order valence-electron chi connectivity index (χ2n) is 7.26. The molecule has 0 aromatic rings. The van der Waals surface area contributed by atoms with Crippen molar-refractivity contribution >= 4 is 5.97 Å². The van der Waals surface area contributed by atoms with Gasteiger partial charge in [0.2, 0.25) is 0 Å². The van der Waals surface area contributed by atoms with E-state index in [0.717, 1.165) is 12.8 Å². The van der Waals surface area contributed by atoms with E-state index in [4.69, 9.17) is 4.74 Å². The van der Waals surface area contributed by atoms with Gasteiger partial charge in [0.05, 0.1) is 12.5 Å². The van der Waals surface area contributed by atoms with Crippen LogP contribution in [0.3, 0.4) is 0 Å². The summed E-state index contributed by atoms with van der Waals surface area (Å²) >= 11 is 0. The number of allylic oxidation sites excluding steroid dienone is 2. The van der Waals surface area contributed by atoms with Crippen LogP contribution >= 0.6 is 0 Å². The summed E-state index contributed by atoms with van der Waals surface area (Å²) in [5, 5.41) is 0. The van der Waals surface area contributed by atoms with E-state index < -0.39 is 0 Å². The van der Waals surface area contributed by atoms with Crippen LogP contribution in [0.5, 0.6) is 0 Å². The normalized spacial score (nSPS) is 11.5. The summed E-state index contributed by atoms with van der Waals surface area (Å²) < 4.78 is 5.17. The van der Waals surface area contributed by atoms with Crippen LogP contribution in [0, 0.1) is 5.92 Å². The molecule has 0 radical (unpaired) electrons. The highest BCUT2D eigenvalue weighted by molar-refractivity contribution is 5.71. The number of hydrogen-bond donors (Lipinski definition) is 0. The van der Waals surface area contributed by atoms with E-state index in [2.05, 4.69) is 19.1 Å². The molecule has 0 aromatic carbocycles. The van der Waals surface area contributed by atoms with Gasteiger partial charge in [-0.2, -0.15) is 0 Å². The highest BCUT2D eigenvalue weighted by Crippen LogP contribution is 2.10. The van der Waals surface area contributed by atoms with Crippen molar-refractivity contribution in [2.45, 2.75) is 111 Å². The van der Waals surface area contributed by atoms with E-state index in [1.807, 2.05) is 13.8 Å². The molecule has 0 aliphatic heterocycles. The Morgan fingerprint density at radius 2 is 1.21 bits per heavy atom. The lowest BCUT2D eigenvalue weighted by molar-refractivity contribution is -0.147. The minimum Gasteiger partial charge on any atom is -0.465 e. The first-order chi connectivity index (χ1) is 11.7. The van der Waals surface area contributed by atoms with Crippen LogP contribution < -0.4 is 0 Å². The Morgan fingerprint density at radius 1 is 0.750 bits per heavy atom. The Hall–Kier alpha value is -0.790. The van der Waals surface area contributed by atoms with Crippen molar-refractivity contribution in [2.75, 3.05) is 6.61 Å². The first kappa shape index (κ1) is 23.2. The summed E-state index contributed by atoms with van der Waals surface area (Å²) in [5.74, 6) is -0.0740. The summed E-state index contributed by atoms with van der Waals surface area (Å²) in [5.41, 5.74) is 0. The SMILES string of the molecule is CCCCCCCCCCC=CCCCCCCOC(=O)C(C)C. The van der Waals surface area contributed by atoms with Crippen LogP contribution in [0.1, 0.15) is 111 Å². The Balaban J connectivity index is 3.15. The zero-order valence-electron chi connectivity index (χ0n) is 16.7. The van der Waals surface area contributed by atoms with Crippen molar-refractivity contribution < 1.29 is 9.53 Å². The van der Waals surface area contributed by atoms with Crippen molar-refractivity contribution in [3.05, 3.63) is 12.2 Å². The number of rotatable bonds is 17. The second-order valence-corrected chi connectivity index (χ2v) is 7.26. The van der Waals surface area contributed by atoms with Crippen molar-refractivity contribution in [2.24, 2.45) is 5.92 Å². The largest absolute Gasteiger partial charge is 0.465 e. The second kappa shape index (κ2) is 18.5. The predicted octanol–water partition coefficient (Wildman–Crippen LogP) is 7.22. The van der Waals surface area contributed by atoms with Gasteiger partial charge in [-0.1, -0.05) is 90.7 Å². The lowest BCUT2D eigenvalue weighted by Gasteiger charge is -2.06. The van der Waals surface area contributed by atoms with E-state index in [9.17, 15) is 4.79 Å². The molecule has 0 aliphatic carbocycles. The molecule has 0 rings (SSSR count). The third-order valence-corrected chi connectivity index (χ3v) is 4.37. The number of carbonyl (C=O) groups excluding carboxylic acids is 1. The highest BCUT2D eigenvalue weighted by atomic mass is 16.5. The molecule has 0 heterocycles. The van der Waals surface area contributed by atoms with Gasteiger partial charge in [-0.3, -0.25) is 4.79 Å². The summed E-state index contributed by atoms with van der Waals surface area (Å²) in [6.45, 7) is 6.62. The molecule has 0 saturated carbocycles. The average Bonchev–Trinajstić information content (AvgIpc) is 2.57. The van der Waals surface area contributed by atoms with Gasteiger partial charge >= 0.3 is 5.97 Å². The molecule has 0 aromatic heterocycles. The molecule has 142 valence electrons. The molecule has 0 atom stereocenters. The molecular formula is C22H42O2. The molecular weight excluding hydrogens is 296 g/mol. The van der Waals surface area contributed by atoms with Crippen LogP contribution in [0.15, 0.2) is 12.2 Å². The van der Waals surface area contributed by atoms with Gasteiger partial charge in [-0.25, -0.2) is 0 Å². The molecule has 0 bridgehead atoms. The average molecular weight is 339 g/mol. The standard InChI is InChI=1S/C22H42O2/c1-4-5-6-7-8-9-10-11-12-13-14-15-16-17-18-19-20-24-22(23)21(2)3/h13-14,21H,4-12,15-20H2,1-3H3. The molecule has 0 amide bonds. The molecule has 0 saturated heterocycles. The fourth-order valence-corrected chi connectivity index (χ4v) is 2.69. The summed E-state index contributed by atoms with van der Waals surface area (Å²) in [6, 6.07) is 0. The van der Waals surface area contributed by atoms with Crippen molar-refractivity contribution in [1.29, 1.82) is 0 Å².